The van der Waals surface area contributed by atoms with Gasteiger partial charge in [-0.05, 0) is 19.8 Å². The van der Waals surface area contributed by atoms with Crippen molar-refractivity contribution in [1.29, 1.82) is 0 Å². The number of nitrogens with zero attached hydrogens (tertiary/aromatic N) is 1. The van der Waals surface area contributed by atoms with E-state index < -0.39 is 16.8 Å². The quantitative estimate of drug-likeness (QED) is 0.771. The van der Waals surface area contributed by atoms with Gasteiger partial charge in [0.25, 0.3) is 0 Å². The Kier molecular flexibility index (Phi) is 5.58. The molecule has 0 bridgehead atoms. The zero-order valence-corrected chi connectivity index (χ0v) is 11.5. The highest BCUT2D eigenvalue weighted by molar-refractivity contribution is 7.84. The Balaban J connectivity index is 2.32. The average molecular weight is 276 g/mol. The predicted molar refractivity (Wildman–Crippen MR) is 68.9 cm³/mol. The highest BCUT2D eigenvalue weighted by Gasteiger charge is 2.26. The summed E-state index contributed by atoms with van der Waals surface area (Å²) >= 11 is 0. The van der Waals surface area contributed by atoms with Crippen molar-refractivity contribution in [2.75, 3.05) is 25.9 Å². The van der Waals surface area contributed by atoms with Crippen molar-refractivity contribution in [1.82, 2.24) is 10.2 Å². The van der Waals surface area contributed by atoms with Gasteiger partial charge in [-0.1, -0.05) is 0 Å². The number of carboxylic acids is 1. The fraction of sp³-hybridized carbons (Fsp3) is 0.818. The van der Waals surface area contributed by atoms with Crippen molar-refractivity contribution >= 4 is 22.8 Å². The summed E-state index contributed by atoms with van der Waals surface area (Å²) in [6, 6.07) is -0.198. The van der Waals surface area contributed by atoms with Crippen molar-refractivity contribution in [2.45, 2.75) is 25.0 Å². The lowest BCUT2D eigenvalue weighted by atomic mass is 9.97. The van der Waals surface area contributed by atoms with Gasteiger partial charge in [0.1, 0.15) is 0 Å². The molecule has 7 heteroatoms. The van der Waals surface area contributed by atoms with Crippen molar-refractivity contribution in [2.24, 2.45) is 5.92 Å². The van der Waals surface area contributed by atoms with E-state index in [-0.39, 0.29) is 17.2 Å². The first-order chi connectivity index (χ1) is 8.41. The molecule has 0 saturated carbocycles. The number of carbonyl (C=O) groups is 2. The monoisotopic (exact) mass is 276 g/mol. The number of hydrogen-bond acceptors (Lipinski definition) is 3. The summed E-state index contributed by atoms with van der Waals surface area (Å²) in [4.78, 5) is 24.2. The fourth-order valence-corrected chi connectivity index (χ4v) is 2.11. The lowest BCUT2D eigenvalue weighted by molar-refractivity contribution is -0.143. The van der Waals surface area contributed by atoms with Crippen LogP contribution in [0.25, 0.3) is 0 Å². The molecule has 0 aromatic rings. The van der Waals surface area contributed by atoms with Crippen LogP contribution in [-0.4, -0.2) is 57.4 Å². The molecule has 1 rings (SSSR count). The number of hydrogen-bond donors (Lipinski definition) is 2. The molecule has 0 aromatic heterocycles. The summed E-state index contributed by atoms with van der Waals surface area (Å²) in [5, 5.41) is 11.5. The molecular formula is C11H20N2O4S. The number of aliphatic carboxylic acids is 1. The molecule has 2 unspecified atom stereocenters. The second kappa shape index (κ2) is 6.72. The zero-order chi connectivity index (χ0) is 13.7. The molecule has 1 aliphatic heterocycles. The van der Waals surface area contributed by atoms with E-state index in [4.69, 9.17) is 5.11 Å². The van der Waals surface area contributed by atoms with E-state index in [9.17, 15) is 13.8 Å². The van der Waals surface area contributed by atoms with E-state index in [1.807, 2.05) is 6.92 Å². The molecule has 1 saturated heterocycles. The summed E-state index contributed by atoms with van der Waals surface area (Å²) in [6.45, 7) is 3.12. The number of likely N-dealkylation sites (tertiary alicyclic amines) is 1. The van der Waals surface area contributed by atoms with Gasteiger partial charge in [0.2, 0.25) is 0 Å². The molecule has 1 fully saturated rings. The molecule has 0 radical (unpaired) electrons. The minimum atomic E-state index is -0.955. The summed E-state index contributed by atoms with van der Waals surface area (Å²) in [5.74, 6) is -1.12. The van der Waals surface area contributed by atoms with Gasteiger partial charge in [-0.15, -0.1) is 0 Å². The van der Waals surface area contributed by atoms with E-state index in [2.05, 4.69) is 5.32 Å². The normalized spacial score (nSPS) is 20.2. The van der Waals surface area contributed by atoms with E-state index in [1.54, 1.807) is 11.2 Å². The van der Waals surface area contributed by atoms with Crippen LogP contribution < -0.4 is 5.32 Å². The second-order valence-corrected chi connectivity index (χ2v) is 6.40. The van der Waals surface area contributed by atoms with Gasteiger partial charge in [-0.2, -0.15) is 0 Å². The maximum Gasteiger partial charge on any atom is 0.317 e. The molecule has 2 amide bonds. The molecule has 0 aromatic carbocycles. The van der Waals surface area contributed by atoms with Gasteiger partial charge in [-0.25, -0.2) is 4.79 Å². The first-order valence-electron chi connectivity index (χ1n) is 5.99. The van der Waals surface area contributed by atoms with E-state index in [1.165, 1.54) is 0 Å². The number of urea groups is 1. The maximum absolute atomic E-state index is 11.8. The number of rotatable bonds is 4. The lowest BCUT2D eigenvalue weighted by Crippen LogP contribution is -2.47. The molecule has 2 atom stereocenters. The average Bonchev–Trinajstić information content (AvgIpc) is 2.35. The third-order valence-electron chi connectivity index (χ3n) is 3.24. The Morgan fingerprint density at radius 2 is 2.00 bits per heavy atom. The Morgan fingerprint density at radius 3 is 2.44 bits per heavy atom. The molecule has 0 spiro atoms. The number of amides is 2. The largest absolute Gasteiger partial charge is 0.481 e. The summed E-state index contributed by atoms with van der Waals surface area (Å²) in [5.41, 5.74) is 0. The maximum atomic E-state index is 11.8. The number of piperidine rings is 1. The van der Waals surface area contributed by atoms with Crippen LogP contribution in [-0.2, 0) is 15.6 Å². The SMILES string of the molecule is CC(CNC(=O)N1CCC(C(=O)O)CC1)S(C)=O. The topological polar surface area (TPSA) is 86.7 Å². The third kappa shape index (κ3) is 4.29. The molecule has 18 heavy (non-hydrogen) atoms. The third-order valence-corrected chi connectivity index (χ3v) is 4.54. The Hall–Kier alpha value is -1.11. The predicted octanol–water partition coefficient (Wildman–Crippen LogP) is 0.260. The second-order valence-electron chi connectivity index (χ2n) is 4.59. The lowest BCUT2D eigenvalue weighted by Gasteiger charge is -2.30. The van der Waals surface area contributed by atoms with E-state index in [0.717, 1.165) is 0 Å². The van der Waals surface area contributed by atoms with Gasteiger partial charge in [0, 0.05) is 41.9 Å². The summed E-state index contributed by atoms with van der Waals surface area (Å²) in [7, 11) is -0.955. The summed E-state index contributed by atoms with van der Waals surface area (Å²) in [6.07, 6.45) is 2.60. The van der Waals surface area contributed by atoms with E-state index in [0.29, 0.717) is 32.5 Å². The highest BCUT2D eigenvalue weighted by atomic mass is 32.2. The van der Waals surface area contributed by atoms with Crippen LogP contribution in [0.15, 0.2) is 0 Å². The molecule has 1 aliphatic rings. The van der Waals surface area contributed by atoms with Crippen LogP contribution >= 0.6 is 0 Å². The minimum Gasteiger partial charge on any atom is -0.481 e. The van der Waals surface area contributed by atoms with Crippen LogP contribution in [0.4, 0.5) is 4.79 Å². The van der Waals surface area contributed by atoms with Gasteiger partial charge < -0.3 is 15.3 Å². The Morgan fingerprint density at radius 1 is 1.44 bits per heavy atom. The van der Waals surface area contributed by atoms with Crippen molar-refractivity contribution in [3.63, 3.8) is 0 Å². The highest BCUT2D eigenvalue weighted by Crippen LogP contribution is 2.17. The fourth-order valence-electron chi connectivity index (χ4n) is 1.79. The molecule has 2 N–H and O–H groups in total. The molecular weight excluding hydrogens is 256 g/mol. The van der Waals surface area contributed by atoms with Crippen LogP contribution in [0, 0.1) is 5.92 Å². The molecule has 6 nitrogen and oxygen atoms in total. The first-order valence-corrected chi connectivity index (χ1v) is 7.61. The Labute approximate surface area is 109 Å². The number of carboxylic acid groups (broad SMARTS) is 1. The van der Waals surface area contributed by atoms with Crippen molar-refractivity contribution in [3.05, 3.63) is 0 Å². The van der Waals surface area contributed by atoms with Gasteiger partial charge >= 0.3 is 12.0 Å². The summed E-state index contributed by atoms with van der Waals surface area (Å²) < 4.78 is 11.1. The van der Waals surface area contributed by atoms with Gasteiger partial charge in [0.15, 0.2) is 0 Å². The van der Waals surface area contributed by atoms with Crippen LogP contribution in [0.2, 0.25) is 0 Å². The molecule has 0 aliphatic carbocycles. The van der Waals surface area contributed by atoms with Crippen molar-refractivity contribution in [3.8, 4) is 0 Å². The van der Waals surface area contributed by atoms with Gasteiger partial charge in [0.05, 0.1) is 5.92 Å². The smallest absolute Gasteiger partial charge is 0.317 e. The molecule has 1 heterocycles. The standard InChI is InChI=1S/C11H20N2O4S/c1-8(18(2)17)7-12-11(16)13-5-3-9(4-6-13)10(14)15/h8-9H,3-7H2,1-2H3,(H,12,16)(H,14,15). The van der Waals surface area contributed by atoms with Crippen molar-refractivity contribution < 1.29 is 18.9 Å². The zero-order valence-electron chi connectivity index (χ0n) is 10.7. The van der Waals surface area contributed by atoms with Crippen LogP contribution in [0.3, 0.4) is 0 Å². The number of carbonyl (C=O) groups excluding carboxylic acids is 1. The number of nitrogens with one attached hydrogen (secondary N) is 1. The Bertz CT molecular complexity index is 340. The van der Waals surface area contributed by atoms with Gasteiger partial charge in [-0.3, -0.25) is 9.00 Å². The molecule has 104 valence electrons. The van der Waals surface area contributed by atoms with Crippen LogP contribution in [0.5, 0.6) is 0 Å². The van der Waals surface area contributed by atoms with Crippen LogP contribution in [0.1, 0.15) is 19.8 Å². The first kappa shape index (κ1) is 14.9. The minimum absolute atomic E-state index is 0.0782. The van der Waals surface area contributed by atoms with E-state index >= 15 is 0 Å².